The molecule has 2 amide bonds. The summed E-state index contributed by atoms with van der Waals surface area (Å²) in [6.45, 7) is 2.16. The first-order valence-corrected chi connectivity index (χ1v) is 8.70. The summed E-state index contributed by atoms with van der Waals surface area (Å²) in [7, 11) is 1.58. The van der Waals surface area contributed by atoms with Crippen LogP contribution in [0.2, 0.25) is 5.15 Å². The van der Waals surface area contributed by atoms with Crippen LogP contribution in [-0.2, 0) is 11.3 Å². The molecule has 0 fully saturated rings. The Morgan fingerprint density at radius 3 is 2.64 bits per heavy atom. The zero-order valence-electron chi connectivity index (χ0n) is 15.0. The third-order valence-electron chi connectivity index (χ3n) is 4.67. The molecule has 3 aromatic rings. The molecule has 0 saturated carbocycles. The number of methoxy groups -OCH3 is 1. The molecule has 8 nitrogen and oxygen atoms in total. The minimum Gasteiger partial charge on any atom is -0.384 e. The van der Waals surface area contributed by atoms with Crippen LogP contribution in [0.25, 0.3) is 16.6 Å². The lowest BCUT2D eigenvalue weighted by Crippen LogP contribution is -2.24. The van der Waals surface area contributed by atoms with Crippen molar-refractivity contribution in [3.8, 4) is 5.69 Å². The number of ether oxygens (including phenoxy) is 1. The van der Waals surface area contributed by atoms with Gasteiger partial charge in [-0.3, -0.25) is 24.3 Å². The van der Waals surface area contributed by atoms with Crippen molar-refractivity contribution in [2.45, 2.75) is 13.5 Å². The van der Waals surface area contributed by atoms with E-state index in [1.807, 2.05) is 13.0 Å². The van der Waals surface area contributed by atoms with Crippen molar-refractivity contribution in [2.75, 3.05) is 12.8 Å². The van der Waals surface area contributed by atoms with Crippen molar-refractivity contribution in [2.24, 2.45) is 0 Å². The quantitative estimate of drug-likeness (QED) is 0.514. The Labute approximate surface area is 163 Å². The second-order valence-electron chi connectivity index (χ2n) is 6.47. The maximum Gasteiger partial charge on any atom is 0.262 e. The smallest absolute Gasteiger partial charge is 0.262 e. The Kier molecular flexibility index (Phi) is 4.17. The van der Waals surface area contributed by atoms with Gasteiger partial charge in [-0.1, -0.05) is 11.6 Å². The first-order valence-electron chi connectivity index (χ1n) is 8.32. The summed E-state index contributed by atoms with van der Waals surface area (Å²) in [6, 6.07) is 6.36. The molecular weight excluding hydrogens is 384 g/mol. The number of nitrogens with one attached hydrogen (secondary N) is 1. The molecule has 0 bridgehead atoms. The number of hydrogen-bond donors (Lipinski definition) is 2. The highest BCUT2D eigenvalue weighted by Gasteiger charge is 2.32. The number of aromatic nitrogens is 2. The minimum atomic E-state index is -0.635. The predicted molar refractivity (Wildman–Crippen MR) is 104 cm³/mol. The molecule has 0 saturated heterocycles. The van der Waals surface area contributed by atoms with E-state index in [0.29, 0.717) is 17.8 Å². The van der Waals surface area contributed by atoms with Gasteiger partial charge in [-0.15, -0.1) is 0 Å². The highest BCUT2D eigenvalue weighted by Crippen LogP contribution is 2.29. The highest BCUT2D eigenvalue weighted by atomic mass is 35.5. The van der Waals surface area contributed by atoms with E-state index >= 15 is 0 Å². The normalized spacial score (nSPS) is 13.1. The minimum absolute atomic E-state index is 0.0109. The van der Waals surface area contributed by atoms with Crippen molar-refractivity contribution < 1.29 is 14.3 Å². The molecule has 1 aliphatic rings. The number of nitrogens with zero attached hydrogens (tertiary/aromatic N) is 2. The monoisotopic (exact) mass is 398 g/mol. The number of hydrogen-bond acceptors (Lipinski definition) is 6. The summed E-state index contributed by atoms with van der Waals surface area (Å²) in [5.41, 5.74) is 8.14. The fraction of sp³-hybridized carbons (Fsp3) is 0.158. The Morgan fingerprint density at radius 1 is 1.18 bits per heavy atom. The Hall–Kier alpha value is -3.23. The summed E-state index contributed by atoms with van der Waals surface area (Å²) in [6.07, 6.45) is 0. The van der Waals surface area contributed by atoms with Gasteiger partial charge >= 0.3 is 0 Å². The van der Waals surface area contributed by atoms with Gasteiger partial charge in [0.1, 0.15) is 11.0 Å². The fourth-order valence-corrected chi connectivity index (χ4v) is 3.67. The van der Waals surface area contributed by atoms with Gasteiger partial charge in [-0.05, 0) is 36.2 Å². The number of rotatable bonds is 3. The summed E-state index contributed by atoms with van der Waals surface area (Å²) in [5, 5.41) is 3.26. The van der Waals surface area contributed by atoms with Crippen LogP contribution in [0.4, 0.5) is 5.82 Å². The molecular formula is C19H15ClN4O4. The van der Waals surface area contributed by atoms with Gasteiger partial charge in [0.05, 0.1) is 28.9 Å². The first kappa shape index (κ1) is 18.1. The molecule has 9 heteroatoms. The first-order chi connectivity index (χ1) is 13.3. The van der Waals surface area contributed by atoms with E-state index in [0.717, 1.165) is 22.6 Å². The van der Waals surface area contributed by atoms with Crippen LogP contribution in [0.5, 0.6) is 0 Å². The van der Waals surface area contributed by atoms with Gasteiger partial charge < -0.3 is 10.5 Å². The largest absolute Gasteiger partial charge is 0.384 e. The van der Waals surface area contributed by atoms with Crippen LogP contribution in [0.15, 0.2) is 29.1 Å². The maximum absolute atomic E-state index is 12.7. The Balaban J connectivity index is 2.02. The summed E-state index contributed by atoms with van der Waals surface area (Å²) >= 11 is 6.12. The van der Waals surface area contributed by atoms with E-state index in [4.69, 9.17) is 22.1 Å². The van der Waals surface area contributed by atoms with E-state index in [-0.39, 0.29) is 22.1 Å². The van der Waals surface area contributed by atoms with Crippen molar-refractivity contribution in [1.82, 2.24) is 14.9 Å². The number of benzene rings is 1. The Morgan fingerprint density at radius 2 is 1.93 bits per heavy atom. The number of aryl methyl sites for hydroxylation is 1. The van der Waals surface area contributed by atoms with Crippen LogP contribution >= 0.6 is 11.6 Å². The van der Waals surface area contributed by atoms with Gasteiger partial charge in [-0.25, -0.2) is 4.98 Å². The SMILES string of the molecule is COCc1cc(Cl)nc2cc(-n3c(N)c4c(cc3=O)C(=O)NC4=O)c(C)cc12. The second kappa shape index (κ2) is 6.43. The number of carbonyl (C=O) groups excluding carboxylic acids is 2. The van der Waals surface area contributed by atoms with Gasteiger partial charge in [0.2, 0.25) is 0 Å². The fourth-order valence-electron chi connectivity index (χ4n) is 3.45. The number of nitrogen functional groups attached to an aromatic ring is 1. The Bertz CT molecular complexity index is 1250. The lowest BCUT2D eigenvalue weighted by molar-refractivity contribution is 0.0880. The second-order valence-corrected chi connectivity index (χ2v) is 6.86. The molecule has 0 spiro atoms. The summed E-state index contributed by atoms with van der Waals surface area (Å²) in [5.74, 6) is -1.37. The summed E-state index contributed by atoms with van der Waals surface area (Å²) < 4.78 is 6.42. The molecule has 1 aromatic carbocycles. The number of imide groups is 1. The molecule has 0 atom stereocenters. The average molecular weight is 399 g/mol. The average Bonchev–Trinajstić information content (AvgIpc) is 2.90. The molecule has 1 aliphatic heterocycles. The molecule has 3 heterocycles. The maximum atomic E-state index is 12.7. The number of pyridine rings is 2. The number of fused-ring (bicyclic) bond motifs is 2. The molecule has 28 heavy (non-hydrogen) atoms. The van der Waals surface area contributed by atoms with Crippen molar-refractivity contribution >= 4 is 40.1 Å². The zero-order chi connectivity index (χ0) is 20.2. The van der Waals surface area contributed by atoms with E-state index < -0.39 is 17.4 Å². The van der Waals surface area contributed by atoms with Crippen molar-refractivity contribution in [3.05, 3.63) is 62.0 Å². The van der Waals surface area contributed by atoms with Crippen LogP contribution < -0.4 is 16.6 Å². The highest BCUT2D eigenvalue weighted by molar-refractivity contribution is 6.30. The molecule has 4 rings (SSSR count). The summed E-state index contributed by atoms with van der Waals surface area (Å²) in [4.78, 5) is 40.9. The topological polar surface area (TPSA) is 116 Å². The van der Waals surface area contributed by atoms with Gasteiger partial charge in [0.15, 0.2) is 0 Å². The predicted octanol–water partition coefficient (Wildman–Crippen LogP) is 1.96. The molecule has 0 aliphatic carbocycles. The van der Waals surface area contributed by atoms with Crippen molar-refractivity contribution in [3.63, 3.8) is 0 Å². The zero-order valence-corrected chi connectivity index (χ0v) is 15.8. The van der Waals surface area contributed by atoms with E-state index in [2.05, 4.69) is 10.3 Å². The molecule has 142 valence electrons. The standard InChI is InChI=1S/C19H15ClN4O4/c1-8-3-10-9(7-28-2)4-14(20)22-12(10)6-13(8)24-15(25)5-11-16(17(24)21)19(27)23-18(11)26/h3-6H,7,21H2,1-2H3,(H,23,26,27). The number of halogens is 1. The number of anilines is 1. The van der Waals surface area contributed by atoms with E-state index in [1.165, 1.54) is 4.57 Å². The van der Waals surface area contributed by atoms with Crippen LogP contribution in [0.3, 0.4) is 0 Å². The van der Waals surface area contributed by atoms with Gasteiger partial charge in [0, 0.05) is 18.6 Å². The van der Waals surface area contributed by atoms with Gasteiger partial charge in [0.25, 0.3) is 17.4 Å². The lowest BCUT2D eigenvalue weighted by atomic mass is 10.0. The molecule has 3 N–H and O–H groups in total. The van der Waals surface area contributed by atoms with Crippen LogP contribution in [0, 0.1) is 6.92 Å². The van der Waals surface area contributed by atoms with E-state index in [9.17, 15) is 14.4 Å². The van der Waals surface area contributed by atoms with Crippen LogP contribution in [0.1, 0.15) is 31.8 Å². The molecule has 0 radical (unpaired) electrons. The van der Waals surface area contributed by atoms with Gasteiger partial charge in [-0.2, -0.15) is 0 Å². The lowest BCUT2D eigenvalue weighted by Gasteiger charge is -2.16. The third-order valence-corrected chi connectivity index (χ3v) is 4.87. The third kappa shape index (κ3) is 2.65. The van der Waals surface area contributed by atoms with Crippen LogP contribution in [-0.4, -0.2) is 28.5 Å². The number of carbonyl (C=O) groups is 2. The van der Waals surface area contributed by atoms with E-state index in [1.54, 1.807) is 19.2 Å². The number of nitrogens with two attached hydrogens (primary N) is 1. The molecule has 2 aromatic heterocycles. The molecule has 0 unspecified atom stereocenters. The number of amides is 2. The van der Waals surface area contributed by atoms with Crippen molar-refractivity contribution in [1.29, 1.82) is 0 Å².